The molecule has 0 heterocycles. The number of carbonyl (C=O) groups excluding carboxylic acids is 2. The maximum Gasteiger partial charge on any atom is 0.244 e. The Bertz CT molecular complexity index is 626. The number of hydrogen-bond acceptors (Lipinski definition) is 5. The van der Waals surface area contributed by atoms with E-state index in [0.717, 1.165) is 0 Å². The minimum Gasteiger partial charge on any atom is -0.399 e. The lowest BCUT2D eigenvalue weighted by Gasteiger charge is -2.20. The number of nitrogen functional groups attached to an aromatic ring is 1. The quantitative estimate of drug-likeness (QED) is 0.549. The number of carbonyl (C=O) groups is 2. The first-order chi connectivity index (χ1) is 9.14. The van der Waals surface area contributed by atoms with E-state index in [1.54, 1.807) is 13.0 Å². The van der Waals surface area contributed by atoms with Gasteiger partial charge in [-0.25, -0.2) is 8.42 Å². The van der Waals surface area contributed by atoms with Crippen molar-refractivity contribution >= 4 is 27.5 Å². The highest BCUT2D eigenvalue weighted by atomic mass is 32.2. The summed E-state index contributed by atoms with van der Waals surface area (Å²) in [6.07, 6.45) is 0. The molecule has 0 unspecified atom stereocenters. The van der Waals surface area contributed by atoms with Crippen molar-refractivity contribution in [2.45, 2.75) is 11.8 Å². The highest BCUT2D eigenvalue weighted by Crippen LogP contribution is 2.22. The number of anilines is 1. The van der Waals surface area contributed by atoms with Crippen LogP contribution in [0.5, 0.6) is 0 Å². The third kappa shape index (κ3) is 3.68. The van der Waals surface area contributed by atoms with Crippen LogP contribution >= 0.6 is 0 Å². The summed E-state index contributed by atoms with van der Waals surface area (Å²) < 4.78 is 25.5. The van der Waals surface area contributed by atoms with Crippen molar-refractivity contribution in [3.63, 3.8) is 0 Å². The molecule has 0 aliphatic heterocycles. The van der Waals surface area contributed by atoms with E-state index in [-0.39, 0.29) is 10.6 Å². The van der Waals surface area contributed by atoms with Crippen LogP contribution in [0, 0.1) is 6.92 Å². The average molecular weight is 300 g/mol. The Balaban J connectivity index is 3.31. The molecule has 0 saturated heterocycles. The number of nitrogens with two attached hydrogens (primary N) is 3. The third-order valence-electron chi connectivity index (χ3n) is 2.49. The van der Waals surface area contributed by atoms with Gasteiger partial charge < -0.3 is 17.2 Å². The van der Waals surface area contributed by atoms with Crippen molar-refractivity contribution in [3.8, 4) is 0 Å². The Morgan fingerprint density at radius 1 is 1.15 bits per heavy atom. The smallest absolute Gasteiger partial charge is 0.244 e. The number of aryl methyl sites for hydroxylation is 1. The summed E-state index contributed by atoms with van der Waals surface area (Å²) in [4.78, 5) is 21.8. The van der Waals surface area contributed by atoms with Crippen LogP contribution in [-0.4, -0.2) is 37.6 Å². The second-order valence-corrected chi connectivity index (χ2v) is 6.14. The van der Waals surface area contributed by atoms with Gasteiger partial charge in [-0.2, -0.15) is 4.31 Å². The zero-order chi connectivity index (χ0) is 15.5. The van der Waals surface area contributed by atoms with E-state index < -0.39 is 34.9 Å². The Morgan fingerprint density at radius 3 is 2.10 bits per heavy atom. The minimum atomic E-state index is -4.09. The van der Waals surface area contributed by atoms with Gasteiger partial charge in [0.15, 0.2) is 0 Å². The molecule has 1 rings (SSSR count). The molecule has 0 atom stereocenters. The second kappa shape index (κ2) is 5.88. The zero-order valence-corrected chi connectivity index (χ0v) is 11.7. The molecule has 1 aromatic carbocycles. The van der Waals surface area contributed by atoms with E-state index in [4.69, 9.17) is 17.2 Å². The topological polar surface area (TPSA) is 150 Å². The maximum absolute atomic E-state index is 12.4. The van der Waals surface area contributed by atoms with Crippen molar-refractivity contribution in [2.75, 3.05) is 18.8 Å². The van der Waals surface area contributed by atoms with Crippen molar-refractivity contribution < 1.29 is 18.0 Å². The van der Waals surface area contributed by atoms with Gasteiger partial charge in [-0.1, -0.05) is 6.07 Å². The molecule has 20 heavy (non-hydrogen) atoms. The van der Waals surface area contributed by atoms with Crippen LogP contribution < -0.4 is 17.2 Å². The van der Waals surface area contributed by atoms with Gasteiger partial charge in [-0.3, -0.25) is 9.59 Å². The van der Waals surface area contributed by atoms with Gasteiger partial charge >= 0.3 is 0 Å². The Labute approximate surface area is 116 Å². The summed E-state index contributed by atoms with van der Waals surface area (Å²) in [5, 5.41) is 0. The average Bonchev–Trinajstić information content (AvgIpc) is 2.30. The fraction of sp³-hybridized carbons (Fsp3) is 0.273. The van der Waals surface area contributed by atoms with E-state index in [1.165, 1.54) is 12.1 Å². The van der Waals surface area contributed by atoms with Crippen LogP contribution in [0.15, 0.2) is 23.1 Å². The molecule has 1 aromatic rings. The van der Waals surface area contributed by atoms with E-state index in [2.05, 4.69) is 0 Å². The summed E-state index contributed by atoms with van der Waals surface area (Å²) in [7, 11) is -4.09. The van der Waals surface area contributed by atoms with Gasteiger partial charge in [-0.05, 0) is 24.6 Å². The van der Waals surface area contributed by atoms with Crippen LogP contribution in [0.3, 0.4) is 0 Å². The number of hydrogen-bond donors (Lipinski definition) is 3. The summed E-state index contributed by atoms with van der Waals surface area (Å²) in [6.45, 7) is 0.290. The largest absolute Gasteiger partial charge is 0.399 e. The third-order valence-corrected chi connectivity index (χ3v) is 4.43. The maximum atomic E-state index is 12.4. The minimum absolute atomic E-state index is 0.0972. The molecular formula is C11H16N4O4S. The zero-order valence-electron chi connectivity index (χ0n) is 10.9. The van der Waals surface area contributed by atoms with Gasteiger partial charge in [0, 0.05) is 5.69 Å². The lowest BCUT2D eigenvalue weighted by molar-refractivity contribution is -0.120. The van der Waals surface area contributed by atoms with Crippen molar-refractivity contribution in [3.05, 3.63) is 23.8 Å². The van der Waals surface area contributed by atoms with E-state index in [9.17, 15) is 18.0 Å². The molecule has 0 aliphatic carbocycles. The summed E-state index contributed by atoms with van der Waals surface area (Å²) in [6, 6.07) is 4.31. The molecule has 2 amide bonds. The van der Waals surface area contributed by atoms with Gasteiger partial charge in [-0.15, -0.1) is 0 Å². The highest BCUT2D eigenvalue weighted by molar-refractivity contribution is 7.89. The number of rotatable bonds is 6. The SMILES string of the molecule is Cc1ccc(N)cc1S(=O)(=O)N(CC(N)=O)CC(N)=O. The lowest BCUT2D eigenvalue weighted by Crippen LogP contribution is -2.43. The summed E-state index contributed by atoms with van der Waals surface area (Å²) >= 11 is 0. The molecule has 110 valence electrons. The van der Waals surface area contributed by atoms with Crippen molar-refractivity contribution in [2.24, 2.45) is 11.5 Å². The highest BCUT2D eigenvalue weighted by Gasteiger charge is 2.28. The number of sulfonamides is 1. The molecule has 9 heteroatoms. The first-order valence-corrected chi connectivity index (χ1v) is 7.01. The van der Waals surface area contributed by atoms with Gasteiger partial charge in [0.25, 0.3) is 0 Å². The second-order valence-electron chi connectivity index (χ2n) is 4.23. The van der Waals surface area contributed by atoms with E-state index in [1.807, 2.05) is 0 Å². The van der Waals surface area contributed by atoms with Gasteiger partial charge in [0.05, 0.1) is 18.0 Å². The lowest BCUT2D eigenvalue weighted by atomic mass is 10.2. The predicted octanol–water partition coefficient (Wildman–Crippen LogP) is -1.46. The van der Waals surface area contributed by atoms with Crippen LogP contribution in [0.2, 0.25) is 0 Å². The van der Waals surface area contributed by atoms with Crippen molar-refractivity contribution in [1.29, 1.82) is 0 Å². The molecule has 0 saturated carbocycles. The van der Waals surface area contributed by atoms with Crippen molar-refractivity contribution in [1.82, 2.24) is 4.31 Å². The number of amides is 2. The standard InChI is InChI=1S/C11H16N4O4S/c1-7-2-3-8(12)4-9(7)20(18,19)15(5-10(13)16)6-11(14)17/h2-4H,5-6,12H2,1H3,(H2,13,16)(H2,14,17). The van der Waals surface area contributed by atoms with Crippen LogP contribution in [-0.2, 0) is 19.6 Å². The molecule has 0 spiro atoms. The molecule has 8 nitrogen and oxygen atoms in total. The monoisotopic (exact) mass is 300 g/mol. The molecule has 0 fully saturated rings. The first-order valence-electron chi connectivity index (χ1n) is 5.57. The number of nitrogens with zero attached hydrogens (tertiary/aromatic N) is 1. The first kappa shape index (κ1) is 15.9. The normalized spacial score (nSPS) is 11.5. The fourth-order valence-corrected chi connectivity index (χ4v) is 3.24. The molecule has 0 bridgehead atoms. The molecule has 0 radical (unpaired) electrons. The molecule has 6 N–H and O–H groups in total. The van der Waals surface area contributed by atoms with E-state index in [0.29, 0.717) is 9.87 Å². The number of benzene rings is 1. The van der Waals surface area contributed by atoms with Crippen LogP contribution in [0.25, 0.3) is 0 Å². The van der Waals surface area contributed by atoms with Gasteiger partial charge in [0.1, 0.15) is 0 Å². The molecule has 0 aliphatic rings. The van der Waals surface area contributed by atoms with Crippen LogP contribution in [0.1, 0.15) is 5.56 Å². The fourth-order valence-electron chi connectivity index (χ4n) is 1.61. The Morgan fingerprint density at radius 2 is 1.65 bits per heavy atom. The van der Waals surface area contributed by atoms with Gasteiger partial charge in [0.2, 0.25) is 21.8 Å². The predicted molar refractivity (Wildman–Crippen MR) is 72.7 cm³/mol. The van der Waals surface area contributed by atoms with E-state index >= 15 is 0 Å². The Hall–Kier alpha value is -2.13. The number of primary amides is 2. The molecule has 0 aromatic heterocycles. The molecular weight excluding hydrogens is 284 g/mol. The summed E-state index contributed by atoms with van der Waals surface area (Å²) in [5.41, 5.74) is 16.2. The Kier molecular flexibility index (Phi) is 4.69. The van der Waals surface area contributed by atoms with Crippen LogP contribution in [0.4, 0.5) is 5.69 Å². The summed E-state index contributed by atoms with van der Waals surface area (Å²) in [5.74, 6) is -1.78.